The number of ether oxygens (including phenoxy) is 1. The van der Waals surface area contributed by atoms with Crippen LogP contribution in [0.25, 0.3) is 0 Å². The molecular weight excluding hydrogens is 396 g/mol. The highest BCUT2D eigenvalue weighted by atomic mass is 32.2. The molecule has 0 unspecified atom stereocenters. The molecule has 1 aromatic carbocycles. The summed E-state index contributed by atoms with van der Waals surface area (Å²) in [5.74, 6) is -0.669. The third kappa shape index (κ3) is 5.98. The van der Waals surface area contributed by atoms with E-state index in [1.54, 1.807) is 33.0 Å². The highest BCUT2D eigenvalue weighted by Gasteiger charge is 2.32. The predicted octanol–water partition coefficient (Wildman–Crippen LogP) is 4.03. The van der Waals surface area contributed by atoms with Crippen molar-refractivity contribution in [3.8, 4) is 5.75 Å². The lowest BCUT2D eigenvalue weighted by atomic mass is 10.0. The number of aromatic nitrogens is 2. The number of aryl methyl sites for hydroxylation is 1. The minimum absolute atomic E-state index is 0.0376. The van der Waals surface area contributed by atoms with Crippen LogP contribution in [0.15, 0.2) is 35.0 Å². The van der Waals surface area contributed by atoms with Gasteiger partial charge in [-0.25, -0.2) is 4.39 Å². The van der Waals surface area contributed by atoms with Gasteiger partial charge in [-0.1, -0.05) is 6.07 Å². The molecule has 0 aliphatic heterocycles. The molecule has 1 heterocycles. The topological polar surface area (TPSA) is 65.1 Å². The first-order chi connectivity index (χ1) is 13.1. The van der Waals surface area contributed by atoms with Crippen LogP contribution in [0.3, 0.4) is 0 Å². The molecule has 0 saturated heterocycles. The molecule has 10 heteroatoms. The van der Waals surface area contributed by atoms with Crippen LogP contribution in [-0.4, -0.2) is 29.7 Å². The minimum atomic E-state index is -4.79. The van der Waals surface area contributed by atoms with Gasteiger partial charge in [0.2, 0.25) is 0 Å². The molecule has 0 bridgehead atoms. The summed E-state index contributed by atoms with van der Waals surface area (Å²) in [6.45, 7) is 3.63. The Kier molecular flexibility index (Phi) is 7.50. The lowest BCUT2D eigenvalue weighted by Crippen LogP contribution is -2.18. The number of allylic oxidation sites excluding steroid dienone is 1. The summed E-state index contributed by atoms with van der Waals surface area (Å²) >= 11 is 1.03. The monoisotopic (exact) mass is 418 g/mol. The summed E-state index contributed by atoms with van der Waals surface area (Å²) in [5, 5.41) is 4.33. The van der Waals surface area contributed by atoms with E-state index in [0.29, 0.717) is 22.6 Å². The fraction of sp³-hybridized carbons (Fsp3) is 0.389. The van der Waals surface area contributed by atoms with Gasteiger partial charge in [0.1, 0.15) is 11.6 Å². The number of nitrogens with one attached hydrogen (secondary N) is 1. The third-order valence-corrected chi connectivity index (χ3v) is 4.76. The van der Waals surface area contributed by atoms with E-state index in [0.717, 1.165) is 23.2 Å². The van der Waals surface area contributed by atoms with Gasteiger partial charge < -0.3 is 10.5 Å². The molecule has 0 aliphatic carbocycles. The van der Waals surface area contributed by atoms with Crippen molar-refractivity contribution in [1.82, 2.24) is 14.5 Å². The molecule has 0 spiro atoms. The summed E-state index contributed by atoms with van der Waals surface area (Å²) in [7, 11) is 1.61. The molecule has 0 fully saturated rings. The zero-order valence-electron chi connectivity index (χ0n) is 15.7. The Bertz CT molecular complexity index is 849. The van der Waals surface area contributed by atoms with Crippen molar-refractivity contribution < 1.29 is 22.3 Å². The summed E-state index contributed by atoms with van der Waals surface area (Å²) in [6, 6.07) is 4.66. The maximum Gasteiger partial charge on any atom is 0.573 e. The van der Waals surface area contributed by atoms with Crippen molar-refractivity contribution >= 4 is 11.9 Å². The molecule has 0 amide bonds. The zero-order valence-corrected chi connectivity index (χ0v) is 16.5. The molecule has 2 rings (SSSR count). The van der Waals surface area contributed by atoms with Gasteiger partial charge in [0.05, 0.1) is 17.1 Å². The van der Waals surface area contributed by atoms with Crippen LogP contribution in [0.1, 0.15) is 22.5 Å². The Balaban J connectivity index is 2.31. The van der Waals surface area contributed by atoms with Crippen molar-refractivity contribution in [3.05, 3.63) is 52.6 Å². The predicted molar refractivity (Wildman–Crippen MR) is 101 cm³/mol. The number of halogens is 4. The Morgan fingerprint density at radius 1 is 1.36 bits per heavy atom. The lowest BCUT2D eigenvalue weighted by Gasteiger charge is -2.14. The zero-order chi connectivity index (χ0) is 20.9. The first-order valence-electron chi connectivity index (χ1n) is 8.44. The van der Waals surface area contributed by atoms with Crippen LogP contribution < -0.4 is 15.2 Å². The second-order valence-corrected chi connectivity index (χ2v) is 7.06. The van der Waals surface area contributed by atoms with E-state index in [2.05, 4.69) is 14.6 Å². The van der Waals surface area contributed by atoms with E-state index >= 15 is 0 Å². The molecule has 1 aromatic heterocycles. The molecule has 5 nitrogen and oxygen atoms in total. The van der Waals surface area contributed by atoms with Gasteiger partial charge in [0, 0.05) is 24.2 Å². The average Bonchev–Trinajstić information content (AvgIpc) is 2.83. The Morgan fingerprint density at radius 2 is 2.07 bits per heavy atom. The van der Waals surface area contributed by atoms with Gasteiger partial charge >= 0.3 is 6.36 Å². The van der Waals surface area contributed by atoms with E-state index in [1.165, 1.54) is 16.8 Å². The maximum atomic E-state index is 13.8. The van der Waals surface area contributed by atoms with E-state index < -0.39 is 12.2 Å². The number of nitrogens with two attached hydrogens (primary N) is 1. The minimum Gasteiger partial charge on any atom is -0.405 e. The molecule has 0 atom stereocenters. The third-order valence-electron chi connectivity index (χ3n) is 4.00. The fourth-order valence-corrected chi connectivity index (χ4v) is 3.30. The molecule has 0 aliphatic rings. The number of hydrogen-bond donors (Lipinski definition) is 2. The molecule has 0 saturated carbocycles. The van der Waals surface area contributed by atoms with E-state index in [9.17, 15) is 17.6 Å². The second kappa shape index (κ2) is 9.44. The van der Waals surface area contributed by atoms with Crippen LogP contribution >= 0.6 is 11.9 Å². The number of rotatable bonds is 8. The van der Waals surface area contributed by atoms with Crippen LogP contribution in [0.4, 0.5) is 17.6 Å². The SMILES string of the molecule is CNSc1ccc(Cc2c(C)nn(C/C(F)=C/CN)c2C)cc1OC(F)(F)F. The highest BCUT2D eigenvalue weighted by Crippen LogP contribution is 2.33. The number of benzene rings is 1. The summed E-state index contributed by atoms with van der Waals surface area (Å²) in [5.41, 5.74) is 8.19. The van der Waals surface area contributed by atoms with Gasteiger partial charge in [-0.3, -0.25) is 9.40 Å². The Morgan fingerprint density at radius 3 is 2.68 bits per heavy atom. The molecule has 154 valence electrons. The van der Waals surface area contributed by atoms with Crippen molar-refractivity contribution in [2.45, 2.75) is 38.1 Å². The van der Waals surface area contributed by atoms with Crippen molar-refractivity contribution in [3.63, 3.8) is 0 Å². The number of nitrogens with zero attached hydrogens (tertiary/aromatic N) is 2. The summed E-state index contributed by atoms with van der Waals surface area (Å²) < 4.78 is 60.3. The Labute approximate surface area is 165 Å². The Hall–Kier alpha value is -2.04. The van der Waals surface area contributed by atoms with E-state index in [4.69, 9.17) is 5.73 Å². The van der Waals surface area contributed by atoms with Crippen LogP contribution in [-0.2, 0) is 13.0 Å². The van der Waals surface area contributed by atoms with Gasteiger partial charge in [0.25, 0.3) is 0 Å². The smallest absolute Gasteiger partial charge is 0.405 e. The molecule has 2 aromatic rings. The number of hydrogen-bond acceptors (Lipinski definition) is 5. The van der Waals surface area contributed by atoms with Crippen molar-refractivity contribution in [1.29, 1.82) is 0 Å². The quantitative estimate of drug-likeness (QED) is 0.501. The molecule has 0 radical (unpaired) electrons. The van der Waals surface area contributed by atoms with Gasteiger partial charge in [-0.05, 0) is 56.6 Å². The van der Waals surface area contributed by atoms with Gasteiger partial charge in [-0.2, -0.15) is 5.10 Å². The highest BCUT2D eigenvalue weighted by molar-refractivity contribution is 7.97. The number of alkyl halides is 3. The van der Waals surface area contributed by atoms with E-state index in [-0.39, 0.29) is 18.8 Å². The van der Waals surface area contributed by atoms with Crippen LogP contribution in [0.5, 0.6) is 5.75 Å². The first kappa shape index (κ1) is 22.3. The molecule has 3 N–H and O–H groups in total. The molecule has 28 heavy (non-hydrogen) atoms. The van der Waals surface area contributed by atoms with Crippen LogP contribution in [0, 0.1) is 13.8 Å². The summed E-state index contributed by atoms with van der Waals surface area (Å²) in [4.78, 5) is 0.321. The van der Waals surface area contributed by atoms with Crippen molar-refractivity contribution in [2.75, 3.05) is 13.6 Å². The van der Waals surface area contributed by atoms with Gasteiger partial charge in [-0.15, -0.1) is 13.2 Å². The average molecular weight is 418 g/mol. The fourth-order valence-electron chi connectivity index (χ4n) is 2.74. The first-order valence-corrected chi connectivity index (χ1v) is 9.26. The lowest BCUT2D eigenvalue weighted by molar-refractivity contribution is -0.275. The molecular formula is C18H22F4N4OS. The van der Waals surface area contributed by atoms with Crippen molar-refractivity contribution in [2.24, 2.45) is 5.73 Å². The van der Waals surface area contributed by atoms with Gasteiger partial charge in [0.15, 0.2) is 0 Å². The summed E-state index contributed by atoms with van der Waals surface area (Å²) in [6.07, 6.45) is -3.17. The standard InChI is InChI=1S/C18H22F4N4OS/c1-11-15(12(2)26(25-11)10-14(19)6-7-23)8-13-4-5-17(28-24-3)16(9-13)27-18(20,21)22/h4-6,9,24H,7-8,10,23H2,1-3H3/b14-6-. The largest absolute Gasteiger partial charge is 0.573 e. The second-order valence-electron chi connectivity index (χ2n) is 6.01. The maximum absolute atomic E-state index is 13.8. The van der Waals surface area contributed by atoms with E-state index in [1.807, 2.05) is 0 Å². The van der Waals surface area contributed by atoms with Crippen LogP contribution in [0.2, 0.25) is 0 Å². The normalized spacial score (nSPS) is 12.5.